The summed E-state index contributed by atoms with van der Waals surface area (Å²) in [6, 6.07) is 7.41. The van der Waals surface area contributed by atoms with Gasteiger partial charge >= 0.3 is 0 Å². The minimum absolute atomic E-state index is 0.377. The van der Waals surface area contributed by atoms with Gasteiger partial charge in [0.15, 0.2) is 16.5 Å². The lowest BCUT2D eigenvalue weighted by Crippen LogP contribution is -1.81. The van der Waals surface area contributed by atoms with Crippen molar-refractivity contribution in [1.82, 2.24) is 15.2 Å². The molecule has 0 amide bonds. The fraction of sp³-hybridized carbons (Fsp3) is 0.133. The van der Waals surface area contributed by atoms with Gasteiger partial charge in [0.25, 0.3) is 11.1 Å². The molecule has 0 aliphatic heterocycles. The van der Waals surface area contributed by atoms with Crippen LogP contribution in [0.1, 0.15) is 11.5 Å². The van der Waals surface area contributed by atoms with Crippen molar-refractivity contribution >= 4 is 23.1 Å². The Labute approximate surface area is 139 Å². The summed E-state index contributed by atoms with van der Waals surface area (Å²) in [5.74, 6) is 3.26. The van der Waals surface area contributed by atoms with Crippen LogP contribution in [0.4, 0.5) is 0 Å². The van der Waals surface area contributed by atoms with Crippen molar-refractivity contribution in [3.05, 3.63) is 47.4 Å². The van der Waals surface area contributed by atoms with E-state index in [-0.39, 0.29) is 0 Å². The Morgan fingerprint density at radius 3 is 2.87 bits per heavy atom. The van der Waals surface area contributed by atoms with Crippen LogP contribution in [0.3, 0.4) is 0 Å². The third-order valence-electron chi connectivity index (χ3n) is 2.98. The van der Waals surface area contributed by atoms with Gasteiger partial charge in [0.2, 0.25) is 0 Å². The molecular formula is C15H11N3O3S2. The van der Waals surface area contributed by atoms with Gasteiger partial charge in [0.05, 0.1) is 12.0 Å². The second kappa shape index (κ2) is 6.05. The molecular weight excluding hydrogens is 334 g/mol. The van der Waals surface area contributed by atoms with Crippen LogP contribution in [0.15, 0.2) is 54.4 Å². The number of rotatable bonds is 5. The summed E-state index contributed by atoms with van der Waals surface area (Å²) in [5, 5.41) is 11.3. The molecule has 0 aliphatic rings. The third kappa shape index (κ3) is 3.08. The zero-order valence-electron chi connectivity index (χ0n) is 12.1. The number of hydrogen-bond donors (Lipinski definition) is 0. The van der Waals surface area contributed by atoms with Crippen LogP contribution in [0.2, 0.25) is 0 Å². The van der Waals surface area contributed by atoms with E-state index < -0.39 is 0 Å². The number of aryl methyl sites for hydroxylation is 1. The Balaban J connectivity index is 1.42. The first-order valence-corrected chi connectivity index (χ1v) is 8.66. The van der Waals surface area contributed by atoms with Crippen molar-refractivity contribution in [3.63, 3.8) is 0 Å². The van der Waals surface area contributed by atoms with Crippen LogP contribution in [0.25, 0.3) is 22.4 Å². The fourth-order valence-electron chi connectivity index (χ4n) is 1.94. The van der Waals surface area contributed by atoms with Gasteiger partial charge in [-0.05, 0) is 31.2 Å². The number of aromatic nitrogens is 3. The van der Waals surface area contributed by atoms with Crippen molar-refractivity contribution in [2.24, 2.45) is 0 Å². The summed E-state index contributed by atoms with van der Waals surface area (Å²) >= 11 is 2.99. The van der Waals surface area contributed by atoms with E-state index in [1.165, 1.54) is 11.8 Å². The van der Waals surface area contributed by atoms with E-state index in [0.29, 0.717) is 22.6 Å². The smallest absolute Gasteiger partial charge is 0.284 e. The molecule has 4 aromatic heterocycles. The zero-order valence-corrected chi connectivity index (χ0v) is 13.7. The van der Waals surface area contributed by atoms with Gasteiger partial charge in [-0.3, -0.25) is 0 Å². The highest BCUT2D eigenvalue weighted by Crippen LogP contribution is 2.29. The first kappa shape index (κ1) is 14.3. The molecule has 0 aliphatic carbocycles. The lowest BCUT2D eigenvalue weighted by atomic mass is 10.4. The monoisotopic (exact) mass is 345 g/mol. The van der Waals surface area contributed by atoms with E-state index in [1.54, 1.807) is 29.7 Å². The molecule has 0 aromatic carbocycles. The maximum Gasteiger partial charge on any atom is 0.284 e. The molecule has 8 heteroatoms. The summed E-state index contributed by atoms with van der Waals surface area (Å²) in [4.78, 5) is 4.56. The molecule has 0 radical (unpaired) electrons. The first-order chi connectivity index (χ1) is 11.3. The Bertz CT molecular complexity index is 908. The van der Waals surface area contributed by atoms with Crippen LogP contribution in [0.5, 0.6) is 0 Å². The predicted octanol–water partition coefficient (Wildman–Crippen LogP) is 4.65. The molecule has 0 spiro atoms. The van der Waals surface area contributed by atoms with Crippen molar-refractivity contribution in [2.45, 2.75) is 17.9 Å². The second-order valence-corrected chi connectivity index (χ2v) is 6.48. The van der Waals surface area contributed by atoms with Crippen molar-refractivity contribution in [1.29, 1.82) is 0 Å². The molecule has 6 nitrogen and oxygen atoms in total. The Kier molecular flexibility index (Phi) is 3.76. The van der Waals surface area contributed by atoms with Gasteiger partial charge in [-0.15, -0.1) is 21.5 Å². The van der Waals surface area contributed by atoms with Gasteiger partial charge in [-0.25, -0.2) is 4.98 Å². The quantitative estimate of drug-likeness (QED) is 0.487. The number of hydrogen-bond acceptors (Lipinski definition) is 8. The Morgan fingerprint density at radius 2 is 2.09 bits per heavy atom. The number of thioether (sulfide) groups is 1. The summed E-state index contributed by atoms with van der Waals surface area (Å²) in [7, 11) is 0. The summed E-state index contributed by atoms with van der Waals surface area (Å²) in [6.07, 6.45) is 1.57. The summed E-state index contributed by atoms with van der Waals surface area (Å²) in [6.45, 7) is 1.92. The standard InChI is InChI=1S/C15H11N3O3S2/c1-9-4-5-12(20-9)14-16-10(7-22-14)8-23-15-18-17-13(21-15)11-3-2-6-19-11/h2-7H,8H2,1H3. The molecule has 23 heavy (non-hydrogen) atoms. The maximum atomic E-state index is 5.58. The van der Waals surface area contributed by atoms with Crippen LogP contribution in [0, 0.1) is 6.92 Å². The average Bonchev–Trinajstić information content (AvgIpc) is 3.31. The highest BCUT2D eigenvalue weighted by Gasteiger charge is 2.13. The van der Waals surface area contributed by atoms with Gasteiger partial charge in [-0.1, -0.05) is 11.8 Å². The van der Waals surface area contributed by atoms with Crippen molar-refractivity contribution < 1.29 is 13.3 Å². The summed E-state index contributed by atoms with van der Waals surface area (Å²) < 4.78 is 16.4. The van der Waals surface area contributed by atoms with Gasteiger partial charge in [0.1, 0.15) is 5.76 Å². The van der Waals surface area contributed by atoms with Crippen molar-refractivity contribution in [2.75, 3.05) is 0 Å². The van der Waals surface area contributed by atoms with Crippen molar-refractivity contribution in [3.8, 4) is 22.4 Å². The molecule has 4 rings (SSSR count). The second-order valence-electron chi connectivity index (χ2n) is 4.69. The normalized spacial score (nSPS) is 11.2. The SMILES string of the molecule is Cc1ccc(-c2nc(CSc3nnc(-c4ccco4)o3)cs2)o1. The molecule has 0 bridgehead atoms. The van der Waals surface area contributed by atoms with Crippen LogP contribution < -0.4 is 0 Å². The zero-order chi connectivity index (χ0) is 15.6. The topological polar surface area (TPSA) is 78.1 Å². The van der Waals surface area contributed by atoms with E-state index in [9.17, 15) is 0 Å². The summed E-state index contributed by atoms with van der Waals surface area (Å²) in [5.41, 5.74) is 0.946. The molecule has 4 aromatic rings. The maximum absolute atomic E-state index is 5.58. The molecule has 0 fully saturated rings. The highest BCUT2D eigenvalue weighted by atomic mass is 32.2. The van der Waals surface area contributed by atoms with E-state index in [0.717, 1.165) is 22.2 Å². The first-order valence-electron chi connectivity index (χ1n) is 6.79. The fourth-order valence-corrected chi connectivity index (χ4v) is 3.48. The predicted molar refractivity (Wildman–Crippen MR) is 86.1 cm³/mol. The van der Waals surface area contributed by atoms with Gasteiger partial charge in [0, 0.05) is 11.1 Å². The third-order valence-corrected chi connectivity index (χ3v) is 4.74. The van der Waals surface area contributed by atoms with E-state index >= 15 is 0 Å². The molecule has 0 atom stereocenters. The lowest BCUT2D eigenvalue weighted by Gasteiger charge is -1.92. The minimum atomic E-state index is 0.377. The molecule has 116 valence electrons. The van der Waals surface area contributed by atoms with Gasteiger partial charge < -0.3 is 13.3 Å². The van der Waals surface area contributed by atoms with E-state index in [1.807, 2.05) is 24.4 Å². The minimum Gasteiger partial charge on any atom is -0.459 e. The van der Waals surface area contributed by atoms with E-state index in [2.05, 4.69) is 15.2 Å². The Morgan fingerprint density at radius 1 is 1.13 bits per heavy atom. The average molecular weight is 345 g/mol. The number of nitrogens with zero attached hydrogens (tertiary/aromatic N) is 3. The molecule has 4 heterocycles. The van der Waals surface area contributed by atoms with Crippen LogP contribution >= 0.6 is 23.1 Å². The van der Waals surface area contributed by atoms with Crippen LogP contribution in [-0.4, -0.2) is 15.2 Å². The highest BCUT2D eigenvalue weighted by molar-refractivity contribution is 7.98. The largest absolute Gasteiger partial charge is 0.459 e. The molecule has 0 saturated heterocycles. The molecule has 0 saturated carbocycles. The van der Waals surface area contributed by atoms with Crippen LogP contribution in [-0.2, 0) is 5.75 Å². The van der Waals surface area contributed by atoms with Gasteiger partial charge in [-0.2, -0.15) is 0 Å². The lowest BCUT2D eigenvalue weighted by molar-refractivity contribution is 0.447. The number of furan rings is 2. The van der Waals surface area contributed by atoms with E-state index in [4.69, 9.17) is 13.3 Å². The molecule has 0 unspecified atom stereocenters. The Hall–Kier alpha value is -2.32. The number of thiazole rings is 1. The molecule has 0 N–H and O–H groups in total.